The van der Waals surface area contributed by atoms with Gasteiger partial charge in [0.1, 0.15) is 5.69 Å². The lowest BCUT2D eigenvalue weighted by molar-refractivity contribution is -0.151. The first kappa shape index (κ1) is 20.3. The van der Waals surface area contributed by atoms with E-state index in [4.69, 9.17) is 4.74 Å². The number of nitrogens with one attached hydrogen (secondary N) is 2. The number of hydrogen-bond acceptors (Lipinski definition) is 6. The van der Waals surface area contributed by atoms with Crippen LogP contribution in [0.2, 0.25) is 0 Å². The zero-order valence-corrected chi connectivity index (χ0v) is 15.3. The molecule has 0 aromatic carbocycles. The molecule has 9 nitrogen and oxygen atoms in total. The van der Waals surface area contributed by atoms with Gasteiger partial charge < -0.3 is 9.64 Å². The molecule has 3 amide bonds. The number of pyridine rings is 1. The Balaban J connectivity index is 1.66. The molecular weight excluding hydrogens is 352 g/mol. The number of carbonyl (C=O) groups excluding carboxylic acids is 4. The summed E-state index contributed by atoms with van der Waals surface area (Å²) in [7, 11) is 0. The number of aromatic nitrogens is 1. The Morgan fingerprint density at radius 2 is 1.89 bits per heavy atom. The van der Waals surface area contributed by atoms with Crippen LogP contribution in [0.3, 0.4) is 0 Å². The number of carbonyl (C=O) groups is 4. The van der Waals surface area contributed by atoms with E-state index in [0.29, 0.717) is 32.5 Å². The van der Waals surface area contributed by atoms with Crippen LogP contribution in [0.15, 0.2) is 24.4 Å². The van der Waals surface area contributed by atoms with Gasteiger partial charge in [-0.05, 0) is 31.9 Å². The van der Waals surface area contributed by atoms with Crippen LogP contribution >= 0.6 is 0 Å². The van der Waals surface area contributed by atoms with Crippen molar-refractivity contribution in [2.24, 2.45) is 5.92 Å². The van der Waals surface area contributed by atoms with Gasteiger partial charge in [-0.3, -0.25) is 35.0 Å². The number of hydrazine groups is 1. The third kappa shape index (κ3) is 6.36. The number of nitrogens with zero attached hydrogens (tertiary/aromatic N) is 2. The Bertz CT molecular complexity index is 672. The molecule has 1 aliphatic rings. The second-order valence-corrected chi connectivity index (χ2v) is 6.12. The topological polar surface area (TPSA) is 118 Å². The van der Waals surface area contributed by atoms with E-state index in [-0.39, 0.29) is 36.3 Å². The number of amides is 3. The Kier molecular flexibility index (Phi) is 7.72. The first-order valence-corrected chi connectivity index (χ1v) is 8.96. The van der Waals surface area contributed by atoms with Crippen molar-refractivity contribution < 1.29 is 23.9 Å². The van der Waals surface area contributed by atoms with Crippen molar-refractivity contribution in [2.45, 2.75) is 32.6 Å². The van der Waals surface area contributed by atoms with Gasteiger partial charge in [-0.2, -0.15) is 0 Å². The minimum absolute atomic E-state index is 0.0371. The SMILES string of the molecule is CCOC(=O)C1CCN(C(=O)CCC(=O)NNC(=O)c2ccccn2)CC1. The molecule has 0 saturated carbocycles. The minimum atomic E-state index is -0.531. The molecule has 9 heteroatoms. The highest BCUT2D eigenvalue weighted by atomic mass is 16.5. The van der Waals surface area contributed by atoms with Crippen molar-refractivity contribution in [3.8, 4) is 0 Å². The quantitative estimate of drug-likeness (QED) is 0.549. The summed E-state index contributed by atoms with van der Waals surface area (Å²) < 4.78 is 5.00. The van der Waals surface area contributed by atoms with Gasteiger partial charge in [0.05, 0.1) is 12.5 Å². The van der Waals surface area contributed by atoms with Gasteiger partial charge in [-0.1, -0.05) is 6.07 Å². The summed E-state index contributed by atoms with van der Waals surface area (Å²) in [6.07, 6.45) is 2.60. The molecule has 0 spiro atoms. The predicted octanol–water partition coefficient (Wildman–Crippen LogP) is 0.425. The Morgan fingerprint density at radius 1 is 1.15 bits per heavy atom. The van der Waals surface area contributed by atoms with Gasteiger partial charge in [-0.25, -0.2) is 0 Å². The molecule has 1 saturated heterocycles. The molecule has 1 aromatic heterocycles. The number of rotatable bonds is 6. The van der Waals surface area contributed by atoms with Gasteiger partial charge in [0.15, 0.2) is 0 Å². The summed E-state index contributed by atoms with van der Waals surface area (Å²) >= 11 is 0. The number of likely N-dealkylation sites (tertiary alicyclic amines) is 1. The minimum Gasteiger partial charge on any atom is -0.466 e. The van der Waals surface area contributed by atoms with Crippen LogP contribution in [0, 0.1) is 5.92 Å². The third-order valence-corrected chi connectivity index (χ3v) is 4.25. The molecule has 0 bridgehead atoms. The molecule has 0 unspecified atom stereocenters. The molecule has 1 aliphatic heterocycles. The number of esters is 1. The van der Waals surface area contributed by atoms with Crippen LogP contribution in [-0.2, 0) is 19.1 Å². The summed E-state index contributed by atoms with van der Waals surface area (Å²) in [6, 6.07) is 4.86. The fourth-order valence-corrected chi connectivity index (χ4v) is 2.75. The van der Waals surface area contributed by atoms with Crippen molar-refractivity contribution in [3.05, 3.63) is 30.1 Å². The Hall–Kier alpha value is -2.97. The van der Waals surface area contributed by atoms with Crippen molar-refractivity contribution in [3.63, 3.8) is 0 Å². The van der Waals surface area contributed by atoms with E-state index in [1.54, 1.807) is 24.0 Å². The second kappa shape index (κ2) is 10.2. The molecule has 27 heavy (non-hydrogen) atoms. The van der Waals surface area contributed by atoms with Crippen molar-refractivity contribution in [1.29, 1.82) is 0 Å². The molecule has 0 radical (unpaired) electrons. The lowest BCUT2D eigenvalue weighted by Crippen LogP contribution is -2.43. The summed E-state index contributed by atoms with van der Waals surface area (Å²) in [4.78, 5) is 53.0. The van der Waals surface area contributed by atoms with Gasteiger partial charge in [-0.15, -0.1) is 0 Å². The first-order valence-electron chi connectivity index (χ1n) is 8.96. The third-order valence-electron chi connectivity index (χ3n) is 4.25. The molecule has 1 aromatic rings. The fraction of sp³-hybridized carbons (Fsp3) is 0.500. The fourth-order valence-electron chi connectivity index (χ4n) is 2.75. The zero-order chi connectivity index (χ0) is 19.6. The molecule has 1 fully saturated rings. The maximum atomic E-state index is 12.2. The van der Waals surface area contributed by atoms with Gasteiger partial charge >= 0.3 is 5.97 Å². The number of ether oxygens (including phenoxy) is 1. The van der Waals surface area contributed by atoms with Crippen LogP contribution in [0.25, 0.3) is 0 Å². The van der Waals surface area contributed by atoms with E-state index in [1.807, 2.05) is 0 Å². The second-order valence-electron chi connectivity index (χ2n) is 6.12. The molecule has 2 N–H and O–H groups in total. The van der Waals surface area contributed by atoms with Gasteiger partial charge in [0.25, 0.3) is 5.91 Å². The smallest absolute Gasteiger partial charge is 0.309 e. The predicted molar refractivity (Wildman–Crippen MR) is 95.0 cm³/mol. The molecule has 2 rings (SSSR count). The lowest BCUT2D eigenvalue weighted by atomic mass is 9.97. The molecule has 2 heterocycles. The number of hydrogen-bond donors (Lipinski definition) is 2. The van der Waals surface area contributed by atoms with Crippen LogP contribution in [-0.4, -0.2) is 53.3 Å². The molecule has 0 aliphatic carbocycles. The van der Waals surface area contributed by atoms with Crippen LogP contribution in [0.4, 0.5) is 0 Å². The Labute approximate surface area is 157 Å². The maximum absolute atomic E-state index is 12.2. The van der Waals surface area contributed by atoms with Gasteiger partial charge in [0, 0.05) is 32.1 Å². The average Bonchev–Trinajstić information content (AvgIpc) is 2.71. The zero-order valence-electron chi connectivity index (χ0n) is 15.3. The van der Waals surface area contributed by atoms with E-state index in [2.05, 4.69) is 15.8 Å². The lowest BCUT2D eigenvalue weighted by Gasteiger charge is -2.30. The van der Waals surface area contributed by atoms with Crippen LogP contribution in [0.5, 0.6) is 0 Å². The molecule has 146 valence electrons. The molecule has 0 atom stereocenters. The Morgan fingerprint density at radius 3 is 2.52 bits per heavy atom. The first-order chi connectivity index (χ1) is 13.0. The van der Waals surface area contributed by atoms with E-state index in [1.165, 1.54) is 12.3 Å². The van der Waals surface area contributed by atoms with Crippen LogP contribution in [0.1, 0.15) is 43.1 Å². The van der Waals surface area contributed by atoms with Crippen LogP contribution < -0.4 is 10.9 Å². The monoisotopic (exact) mass is 376 g/mol. The molecular formula is C18H24N4O5. The van der Waals surface area contributed by atoms with Crippen molar-refractivity contribution in [2.75, 3.05) is 19.7 Å². The highest BCUT2D eigenvalue weighted by Crippen LogP contribution is 2.19. The number of piperidine rings is 1. The highest BCUT2D eigenvalue weighted by molar-refractivity contribution is 5.93. The van der Waals surface area contributed by atoms with Crippen molar-refractivity contribution >= 4 is 23.7 Å². The maximum Gasteiger partial charge on any atom is 0.309 e. The average molecular weight is 376 g/mol. The van der Waals surface area contributed by atoms with E-state index < -0.39 is 11.8 Å². The standard InChI is InChI=1S/C18H24N4O5/c1-2-27-18(26)13-8-11-22(12-9-13)16(24)7-6-15(23)20-21-17(25)14-5-3-4-10-19-14/h3-5,10,13H,2,6-9,11-12H2,1H3,(H,20,23)(H,21,25). The largest absolute Gasteiger partial charge is 0.466 e. The van der Waals surface area contributed by atoms with E-state index in [0.717, 1.165) is 0 Å². The summed E-state index contributed by atoms with van der Waals surface area (Å²) in [6.45, 7) is 3.06. The van der Waals surface area contributed by atoms with E-state index in [9.17, 15) is 19.2 Å². The summed E-state index contributed by atoms with van der Waals surface area (Å²) in [5, 5.41) is 0. The van der Waals surface area contributed by atoms with E-state index >= 15 is 0 Å². The van der Waals surface area contributed by atoms with Crippen molar-refractivity contribution in [1.82, 2.24) is 20.7 Å². The highest BCUT2D eigenvalue weighted by Gasteiger charge is 2.28. The summed E-state index contributed by atoms with van der Waals surface area (Å²) in [5.74, 6) is -1.53. The van der Waals surface area contributed by atoms with Gasteiger partial charge in [0.2, 0.25) is 11.8 Å². The summed E-state index contributed by atoms with van der Waals surface area (Å²) in [5.41, 5.74) is 4.70. The normalized spacial score (nSPS) is 14.3.